The standard InChI is InChI=1S/C13H18N4O2/c1-3-4-11(18-2)12-16-13(19-17-12)9-5-6-15-10(7-9)8-14/h5-7,11H,3-4,8,14H2,1-2H3. The molecule has 0 saturated carbocycles. The van der Waals surface area contributed by atoms with Gasteiger partial charge in [-0.05, 0) is 18.6 Å². The number of ether oxygens (including phenoxy) is 1. The zero-order valence-corrected chi connectivity index (χ0v) is 11.2. The maximum absolute atomic E-state index is 5.56. The van der Waals surface area contributed by atoms with Crippen LogP contribution < -0.4 is 5.73 Å². The number of pyridine rings is 1. The van der Waals surface area contributed by atoms with Crippen molar-refractivity contribution in [3.8, 4) is 11.5 Å². The zero-order valence-electron chi connectivity index (χ0n) is 11.2. The Balaban J connectivity index is 2.24. The molecular formula is C13H18N4O2. The lowest BCUT2D eigenvalue weighted by Gasteiger charge is -2.08. The van der Waals surface area contributed by atoms with Gasteiger partial charge in [-0.15, -0.1) is 0 Å². The van der Waals surface area contributed by atoms with Crippen molar-refractivity contribution < 1.29 is 9.26 Å². The summed E-state index contributed by atoms with van der Waals surface area (Å²) >= 11 is 0. The molecule has 2 aromatic heterocycles. The van der Waals surface area contributed by atoms with E-state index < -0.39 is 0 Å². The fourth-order valence-corrected chi connectivity index (χ4v) is 1.82. The van der Waals surface area contributed by atoms with Crippen LogP contribution in [0.25, 0.3) is 11.5 Å². The molecule has 0 aliphatic rings. The molecule has 102 valence electrons. The summed E-state index contributed by atoms with van der Waals surface area (Å²) in [6, 6.07) is 3.66. The van der Waals surface area contributed by atoms with Gasteiger partial charge in [0.2, 0.25) is 5.82 Å². The highest BCUT2D eigenvalue weighted by molar-refractivity contribution is 5.52. The SMILES string of the molecule is CCCC(OC)c1noc(-c2ccnc(CN)c2)n1. The molecule has 0 aromatic carbocycles. The second kappa shape index (κ2) is 6.40. The van der Waals surface area contributed by atoms with E-state index in [2.05, 4.69) is 22.0 Å². The van der Waals surface area contributed by atoms with Gasteiger partial charge in [0.1, 0.15) is 6.10 Å². The Hall–Kier alpha value is -1.79. The van der Waals surface area contributed by atoms with E-state index >= 15 is 0 Å². The van der Waals surface area contributed by atoms with Gasteiger partial charge in [0.15, 0.2) is 0 Å². The van der Waals surface area contributed by atoms with Crippen molar-refractivity contribution in [2.24, 2.45) is 5.73 Å². The molecule has 0 bridgehead atoms. The highest BCUT2D eigenvalue weighted by atomic mass is 16.5. The quantitative estimate of drug-likeness (QED) is 0.857. The van der Waals surface area contributed by atoms with Crippen molar-refractivity contribution in [3.63, 3.8) is 0 Å². The highest BCUT2D eigenvalue weighted by Crippen LogP contribution is 2.23. The van der Waals surface area contributed by atoms with Crippen molar-refractivity contribution in [2.75, 3.05) is 7.11 Å². The van der Waals surface area contributed by atoms with E-state index in [1.165, 1.54) is 0 Å². The van der Waals surface area contributed by atoms with Gasteiger partial charge >= 0.3 is 0 Å². The maximum Gasteiger partial charge on any atom is 0.258 e. The van der Waals surface area contributed by atoms with Crippen molar-refractivity contribution in [3.05, 3.63) is 29.8 Å². The number of aromatic nitrogens is 3. The van der Waals surface area contributed by atoms with Crippen LogP contribution in [0.5, 0.6) is 0 Å². The molecule has 6 heteroatoms. The zero-order chi connectivity index (χ0) is 13.7. The van der Waals surface area contributed by atoms with Crippen LogP contribution in [-0.2, 0) is 11.3 Å². The Morgan fingerprint density at radius 1 is 1.47 bits per heavy atom. The summed E-state index contributed by atoms with van der Waals surface area (Å²) in [6.45, 7) is 2.47. The molecule has 2 N–H and O–H groups in total. The van der Waals surface area contributed by atoms with Crippen LogP contribution in [0.15, 0.2) is 22.9 Å². The molecule has 1 atom stereocenters. The normalized spacial score (nSPS) is 12.6. The summed E-state index contributed by atoms with van der Waals surface area (Å²) in [6.07, 6.45) is 3.41. The fraction of sp³-hybridized carbons (Fsp3) is 0.462. The lowest BCUT2D eigenvalue weighted by molar-refractivity contribution is 0.0854. The Labute approximate surface area is 112 Å². The molecular weight excluding hydrogens is 244 g/mol. The molecule has 6 nitrogen and oxygen atoms in total. The summed E-state index contributed by atoms with van der Waals surface area (Å²) in [5.74, 6) is 1.04. The van der Waals surface area contributed by atoms with Crippen molar-refractivity contribution in [1.82, 2.24) is 15.1 Å². The van der Waals surface area contributed by atoms with Crippen LogP contribution >= 0.6 is 0 Å². The second-order valence-corrected chi connectivity index (χ2v) is 4.21. The Morgan fingerprint density at radius 3 is 3.00 bits per heavy atom. The van der Waals surface area contributed by atoms with Crippen LogP contribution in [0.1, 0.15) is 37.4 Å². The number of hydrogen-bond donors (Lipinski definition) is 1. The van der Waals surface area contributed by atoms with E-state index in [1.807, 2.05) is 12.1 Å². The minimum Gasteiger partial charge on any atom is -0.373 e. The minimum atomic E-state index is -0.127. The van der Waals surface area contributed by atoms with Crippen molar-refractivity contribution in [1.29, 1.82) is 0 Å². The van der Waals surface area contributed by atoms with E-state index in [4.69, 9.17) is 15.0 Å². The summed E-state index contributed by atoms with van der Waals surface area (Å²) in [5, 5.41) is 3.98. The number of nitrogens with zero attached hydrogens (tertiary/aromatic N) is 3. The van der Waals surface area contributed by atoms with Gasteiger partial charge in [-0.3, -0.25) is 4.98 Å². The second-order valence-electron chi connectivity index (χ2n) is 4.21. The fourth-order valence-electron chi connectivity index (χ4n) is 1.82. The van der Waals surface area contributed by atoms with Gasteiger partial charge in [-0.25, -0.2) is 0 Å². The molecule has 2 aromatic rings. The Morgan fingerprint density at radius 2 is 2.32 bits per heavy atom. The van der Waals surface area contributed by atoms with Crippen LogP contribution in [0.3, 0.4) is 0 Å². The first kappa shape index (κ1) is 13.6. The highest BCUT2D eigenvalue weighted by Gasteiger charge is 2.17. The predicted molar refractivity (Wildman–Crippen MR) is 70.1 cm³/mol. The van der Waals surface area contributed by atoms with Crippen LogP contribution in [0, 0.1) is 0 Å². The molecule has 19 heavy (non-hydrogen) atoms. The van der Waals surface area contributed by atoms with Gasteiger partial charge in [0.25, 0.3) is 5.89 Å². The third kappa shape index (κ3) is 3.15. The van der Waals surface area contributed by atoms with E-state index in [1.54, 1.807) is 13.3 Å². The summed E-state index contributed by atoms with van der Waals surface area (Å²) in [7, 11) is 1.65. The van der Waals surface area contributed by atoms with E-state index in [9.17, 15) is 0 Å². The van der Waals surface area contributed by atoms with E-state index in [0.29, 0.717) is 18.3 Å². The van der Waals surface area contributed by atoms with Gasteiger partial charge in [0, 0.05) is 25.4 Å². The first-order valence-corrected chi connectivity index (χ1v) is 6.30. The first-order valence-electron chi connectivity index (χ1n) is 6.30. The smallest absolute Gasteiger partial charge is 0.258 e. The number of hydrogen-bond acceptors (Lipinski definition) is 6. The third-order valence-corrected chi connectivity index (χ3v) is 2.84. The van der Waals surface area contributed by atoms with Crippen molar-refractivity contribution in [2.45, 2.75) is 32.4 Å². The van der Waals surface area contributed by atoms with Gasteiger partial charge < -0.3 is 15.0 Å². The molecule has 0 spiro atoms. The molecule has 2 heterocycles. The van der Waals surface area contributed by atoms with Crippen LogP contribution in [0.2, 0.25) is 0 Å². The Kier molecular flexibility index (Phi) is 4.59. The van der Waals surface area contributed by atoms with Gasteiger partial charge in [0.05, 0.1) is 5.69 Å². The summed E-state index contributed by atoms with van der Waals surface area (Å²) in [5.41, 5.74) is 7.17. The number of rotatable bonds is 6. The molecule has 0 fully saturated rings. The number of methoxy groups -OCH3 is 1. The number of nitrogens with two attached hydrogens (primary N) is 1. The average molecular weight is 262 g/mol. The molecule has 0 amide bonds. The third-order valence-electron chi connectivity index (χ3n) is 2.84. The molecule has 0 aliphatic carbocycles. The average Bonchev–Trinajstić information content (AvgIpc) is 2.94. The molecule has 0 radical (unpaired) electrons. The van der Waals surface area contributed by atoms with Gasteiger partial charge in [-0.2, -0.15) is 4.98 Å². The molecule has 0 aliphatic heterocycles. The molecule has 1 unspecified atom stereocenters. The lowest BCUT2D eigenvalue weighted by atomic mass is 10.2. The van der Waals surface area contributed by atoms with Crippen molar-refractivity contribution >= 4 is 0 Å². The van der Waals surface area contributed by atoms with Gasteiger partial charge in [-0.1, -0.05) is 18.5 Å². The summed E-state index contributed by atoms with van der Waals surface area (Å²) in [4.78, 5) is 8.51. The lowest BCUT2D eigenvalue weighted by Crippen LogP contribution is -2.03. The van der Waals surface area contributed by atoms with Crippen LogP contribution in [-0.4, -0.2) is 22.2 Å². The molecule has 0 saturated heterocycles. The molecule has 2 rings (SSSR count). The maximum atomic E-state index is 5.56. The summed E-state index contributed by atoms with van der Waals surface area (Å²) < 4.78 is 10.6. The van der Waals surface area contributed by atoms with Crippen LogP contribution in [0.4, 0.5) is 0 Å². The minimum absolute atomic E-state index is 0.127. The van der Waals surface area contributed by atoms with E-state index in [0.717, 1.165) is 24.1 Å². The predicted octanol–water partition coefficient (Wildman–Crippen LogP) is 2.08. The monoisotopic (exact) mass is 262 g/mol. The first-order chi connectivity index (χ1) is 9.28. The topological polar surface area (TPSA) is 87.1 Å². The Bertz CT molecular complexity index is 527. The van der Waals surface area contributed by atoms with E-state index in [-0.39, 0.29) is 6.10 Å². The largest absolute Gasteiger partial charge is 0.373 e.